The van der Waals surface area contributed by atoms with Gasteiger partial charge in [-0.2, -0.15) is 0 Å². The summed E-state index contributed by atoms with van der Waals surface area (Å²) >= 11 is 0. The largest absolute Gasteiger partial charge is 0.394 e. The molecule has 118 valence electrons. The van der Waals surface area contributed by atoms with Crippen LogP contribution in [0.2, 0.25) is 0 Å². The summed E-state index contributed by atoms with van der Waals surface area (Å²) in [7, 11) is -3.46. The van der Waals surface area contributed by atoms with Crippen LogP contribution < -0.4 is 4.72 Å². The van der Waals surface area contributed by atoms with Gasteiger partial charge < -0.3 is 9.84 Å². The van der Waals surface area contributed by atoms with E-state index in [2.05, 4.69) is 4.72 Å². The van der Waals surface area contributed by atoms with Crippen molar-refractivity contribution in [1.82, 2.24) is 4.72 Å². The lowest BCUT2D eigenvalue weighted by Crippen LogP contribution is -2.55. The number of ether oxygens (including phenoxy) is 1. The van der Waals surface area contributed by atoms with Gasteiger partial charge in [-0.15, -0.1) is 0 Å². The third-order valence-corrected chi connectivity index (χ3v) is 5.65. The lowest BCUT2D eigenvalue weighted by Gasteiger charge is -2.36. The molecular formula is C15H23NO4S. The van der Waals surface area contributed by atoms with E-state index in [1.807, 2.05) is 37.3 Å². The fourth-order valence-electron chi connectivity index (χ4n) is 2.63. The molecule has 0 bridgehead atoms. The third-order valence-electron chi connectivity index (χ3n) is 3.96. The molecule has 0 spiro atoms. The lowest BCUT2D eigenvalue weighted by atomic mass is 9.93. The SMILES string of the molecule is CC(CS(=O)(=O)NC1(CO)CCOCC1)c1ccccc1. The summed E-state index contributed by atoms with van der Waals surface area (Å²) < 4.78 is 32.7. The molecule has 0 amide bonds. The number of benzene rings is 1. The molecule has 6 heteroatoms. The van der Waals surface area contributed by atoms with Gasteiger partial charge in [-0.3, -0.25) is 0 Å². The number of aliphatic hydroxyl groups is 1. The van der Waals surface area contributed by atoms with E-state index < -0.39 is 15.6 Å². The van der Waals surface area contributed by atoms with Crippen LogP contribution in [0.5, 0.6) is 0 Å². The molecule has 1 unspecified atom stereocenters. The van der Waals surface area contributed by atoms with Crippen molar-refractivity contribution in [1.29, 1.82) is 0 Å². The Labute approximate surface area is 126 Å². The average Bonchev–Trinajstić information content (AvgIpc) is 2.48. The molecule has 1 aromatic rings. The van der Waals surface area contributed by atoms with Crippen molar-refractivity contribution in [2.75, 3.05) is 25.6 Å². The smallest absolute Gasteiger partial charge is 0.212 e. The first-order valence-electron chi connectivity index (χ1n) is 7.22. The van der Waals surface area contributed by atoms with Crippen molar-refractivity contribution in [2.45, 2.75) is 31.2 Å². The Hall–Kier alpha value is -0.950. The first-order chi connectivity index (χ1) is 9.96. The molecule has 2 N–H and O–H groups in total. The number of aliphatic hydroxyl groups excluding tert-OH is 1. The average molecular weight is 313 g/mol. The number of nitrogens with one attached hydrogen (secondary N) is 1. The van der Waals surface area contributed by atoms with Gasteiger partial charge >= 0.3 is 0 Å². The van der Waals surface area contributed by atoms with Crippen LogP contribution in [0, 0.1) is 0 Å². The van der Waals surface area contributed by atoms with Crippen LogP contribution in [0.1, 0.15) is 31.2 Å². The Morgan fingerprint density at radius 1 is 1.29 bits per heavy atom. The highest BCUT2D eigenvalue weighted by Gasteiger charge is 2.36. The molecule has 2 rings (SSSR count). The van der Waals surface area contributed by atoms with E-state index in [-0.39, 0.29) is 18.3 Å². The fraction of sp³-hybridized carbons (Fsp3) is 0.600. The molecule has 0 saturated carbocycles. The van der Waals surface area contributed by atoms with E-state index in [9.17, 15) is 13.5 Å². The van der Waals surface area contributed by atoms with Crippen LogP contribution in [-0.2, 0) is 14.8 Å². The molecule has 1 heterocycles. The third kappa shape index (κ3) is 4.51. The maximum absolute atomic E-state index is 12.4. The van der Waals surface area contributed by atoms with Gasteiger partial charge in [0.25, 0.3) is 0 Å². The second-order valence-corrected chi connectivity index (χ2v) is 7.51. The highest BCUT2D eigenvalue weighted by molar-refractivity contribution is 7.89. The Bertz CT molecular complexity index is 538. The van der Waals surface area contributed by atoms with E-state index in [1.165, 1.54) is 0 Å². The highest BCUT2D eigenvalue weighted by atomic mass is 32.2. The molecule has 1 atom stereocenters. The quantitative estimate of drug-likeness (QED) is 0.829. The standard InChI is InChI=1S/C15H23NO4S/c1-13(14-5-3-2-4-6-14)11-21(18,19)16-15(12-17)7-9-20-10-8-15/h2-6,13,16-17H,7-12H2,1H3. The van der Waals surface area contributed by atoms with Gasteiger partial charge in [0.2, 0.25) is 10.0 Å². The number of sulfonamides is 1. The number of rotatable bonds is 6. The first kappa shape index (κ1) is 16.4. The van der Waals surface area contributed by atoms with Gasteiger partial charge in [-0.1, -0.05) is 37.3 Å². The second-order valence-electron chi connectivity index (χ2n) is 5.75. The molecular weight excluding hydrogens is 290 g/mol. The Balaban J connectivity index is 2.04. The Morgan fingerprint density at radius 2 is 1.90 bits per heavy atom. The molecule has 1 fully saturated rings. The number of hydrogen-bond acceptors (Lipinski definition) is 4. The van der Waals surface area contributed by atoms with Gasteiger partial charge in [0.05, 0.1) is 17.9 Å². The molecule has 0 radical (unpaired) electrons. The topological polar surface area (TPSA) is 75.6 Å². The maximum atomic E-state index is 12.4. The van der Waals surface area contributed by atoms with E-state index in [1.54, 1.807) is 0 Å². The summed E-state index contributed by atoms with van der Waals surface area (Å²) in [6.07, 6.45) is 1.00. The highest BCUT2D eigenvalue weighted by Crippen LogP contribution is 2.23. The van der Waals surface area contributed by atoms with Crippen molar-refractivity contribution in [3.63, 3.8) is 0 Å². The minimum absolute atomic E-state index is 0.0135. The summed E-state index contributed by atoms with van der Waals surface area (Å²) in [5.41, 5.74) is 0.223. The number of hydrogen-bond donors (Lipinski definition) is 2. The fourth-order valence-corrected chi connectivity index (χ4v) is 4.50. The van der Waals surface area contributed by atoms with Crippen molar-refractivity contribution in [3.8, 4) is 0 Å². The van der Waals surface area contributed by atoms with Crippen LogP contribution in [-0.4, -0.2) is 44.6 Å². The van der Waals surface area contributed by atoms with Gasteiger partial charge in [-0.05, 0) is 24.3 Å². The predicted molar refractivity (Wildman–Crippen MR) is 81.6 cm³/mol. The molecule has 21 heavy (non-hydrogen) atoms. The molecule has 0 aliphatic carbocycles. The van der Waals surface area contributed by atoms with E-state index >= 15 is 0 Å². The van der Waals surface area contributed by atoms with Gasteiger partial charge in [-0.25, -0.2) is 13.1 Å². The Kier molecular flexibility index (Phi) is 5.37. The molecule has 1 aliphatic rings. The lowest BCUT2D eigenvalue weighted by molar-refractivity contribution is 0.0223. The van der Waals surface area contributed by atoms with Crippen molar-refractivity contribution >= 4 is 10.0 Å². The zero-order valence-corrected chi connectivity index (χ0v) is 13.1. The summed E-state index contributed by atoms with van der Waals surface area (Å²) in [4.78, 5) is 0. The normalized spacial score (nSPS) is 20.1. The van der Waals surface area contributed by atoms with Crippen molar-refractivity contribution in [2.24, 2.45) is 0 Å². The van der Waals surface area contributed by atoms with E-state index in [0.29, 0.717) is 26.1 Å². The zero-order valence-electron chi connectivity index (χ0n) is 12.3. The monoisotopic (exact) mass is 313 g/mol. The van der Waals surface area contributed by atoms with Gasteiger partial charge in [0.15, 0.2) is 0 Å². The van der Waals surface area contributed by atoms with Crippen molar-refractivity contribution in [3.05, 3.63) is 35.9 Å². The second kappa shape index (κ2) is 6.87. The minimum atomic E-state index is -3.46. The molecule has 0 aromatic heterocycles. The van der Waals surface area contributed by atoms with Gasteiger partial charge in [0, 0.05) is 13.2 Å². The summed E-state index contributed by atoms with van der Waals surface area (Å²) in [6.45, 7) is 2.63. The van der Waals surface area contributed by atoms with Crippen LogP contribution >= 0.6 is 0 Å². The molecule has 5 nitrogen and oxygen atoms in total. The maximum Gasteiger partial charge on any atom is 0.212 e. The van der Waals surface area contributed by atoms with Crippen molar-refractivity contribution < 1.29 is 18.3 Å². The zero-order chi connectivity index (χ0) is 15.3. The van der Waals surface area contributed by atoms with E-state index in [0.717, 1.165) is 5.56 Å². The predicted octanol–water partition coefficient (Wildman–Crippen LogP) is 1.25. The summed E-state index contributed by atoms with van der Waals surface area (Å²) in [6, 6.07) is 9.57. The van der Waals surface area contributed by atoms with Gasteiger partial charge in [0.1, 0.15) is 0 Å². The van der Waals surface area contributed by atoms with E-state index in [4.69, 9.17) is 4.74 Å². The minimum Gasteiger partial charge on any atom is -0.394 e. The Morgan fingerprint density at radius 3 is 2.48 bits per heavy atom. The van der Waals surface area contributed by atoms with Crippen LogP contribution in [0.15, 0.2) is 30.3 Å². The molecule has 1 saturated heterocycles. The molecule has 1 aromatic carbocycles. The van der Waals surface area contributed by atoms with Crippen LogP contribution in [0.25, 0.3) is 0 Å². The van der Waals surface area contributed by atoms with Crippen LogP contribution in [0.3, 0.4) is 0 Å². The first-order valence-corrected chi connectivity index (χ1v) is 8.87. The summed E-state index contributed by atoms with van der Waals surface area (Å²) in [5, 5.41) is 9.57. The van der Waals surface area contributed by atoms with Crippen LogP contribution in [0.4, 0.5) is 0 Å². The summed E-state index contributed by atoms with van der Waals surface area (Å²) in [5.74, 6) is -0.0844. The molecule has 1 aliphatic heterocycles.